The number of benzene rings is 2. The fourth-order valence-corrected chi connectivity index (χ4v) is 4.35. The first kappa shape index (κ1) is 23.7. The summed E-state index contributed by atoms with van der Waals surface area (Å²) in [5, 5.41) is 0. The summed E-state index contributed by atoms with van der Waals surface area (Å²) in [5.41, 5.74) is 3.46. The maximum Gasteiger partial charge on any atom is 0.425 e. The minimum atomic E-state index is -4.65. The number of hydrogen-bond donors (Lipinski definition) is 0. The zero-order valence-corrected chi connectivity index (χ0v) is 19.2. The monoisotopic (exact) mass is 490 g/mol. The summed E-state index contributed by atoms with van der Waals surface area (Å²) in [4.78, 5) is 18.6. The Morgan fingerprint density at radius 3 is 2.32 bits per heavy atom. The van der Waals surface area contributed by atoms with E-state index < -0.39 is 28.0 Å². The van der Waals surface area contributed by atoms with Crippen LogP contribution in [0.5, 0.6) is 5.75 Å². The highest BCUT2D eigenvalue weighted by Gasteiger charge is 2.39. The van der Waals surface area contributed by atoms with Crippen LogP contribution in [-0.4, -0.2) is 42.7 Å². The van der Waals surface area contributed by atoms with Crippen molar-refractivity contribution in [2.45, 2.75) is 37.2 Å². The zero-order valence-electron chi connectivity index (χ0n) is 18.3. The molecule has 1 aromatic heterocycles. The fraction of sp³-hybridized carbons (Fsp3) is 0.250. The summed E-state index contributed by atoms with van der Waals surface area (Å²) in [6.07, 6.45) is -2.51. The van der Waals surface area contributed by atoms with Crippen molar-refractivity contribution >= 4 is 15.7 Å². The minimum absolute atomic E-state index is 0.181. The van der Waals surface area contributed by atoms with Gasteiger partial charge in [0.1, 0.15) is 5.75 Å². The molecule has 0 spiro atoms. The van der Waals surface area contributed by atoms with Crippen LogP contribution in [0.15, 0.2) is 65.8 Å². The molecule has 2 aromatic carbocycles. The van der Waals surface area contributed by atoms with E-state index in [1.54, 1.807) is 12.4 Å². The first-order valence-corrected chi connectivity index (χ1v) is 12.2. The average Bonchev–Trinajstić information content (AvgIpc) is 3.21. The van der Waals surface area contributed by atoms with Crippen LogP contribution in [0.4, 0.5) is 13.2 Å². The van der Waals surface area contributed by atoms with Crippen molar-refractivity contribution < 1.29 is 31.1 Å². The zero-order chi connectivity index (χ0) is 24.7. The highest BCUT2D eigenvalue weighted by molar-refractivity contribution is 7.90. The maximum absolute atomic E-state index is 13.4. The molecular formula is C24H21F3N2O4S. The molecule has 10 heteroatoms. The SMILES string of the molecule is C[C@H](Oc1ccc(S(C)(=O)=O)cc1C(=O)N1Cc2ccc(-c3ccncc3)cc2C1)C(F)(F)F. The minimum Gasteiger partial charge on any atom is -0.480 e. The molecule has 0 saturated carbocycles. The van der Waals surface area contributed by atoms with Crippen LogP contribution in [-0.2, 0) is 22.9 Å². The smallest absolute Gasteiger partial charge is 0.425 e. The molecule has 0 bridgehead atoms. The Morgan fingerprint density at radius 1 is 1.00 bits per heavy atom. The molecule has 4 rings (SSSR count). The molecule has 1 amide bonds. The van der Waals surface area contributed by atoms with Gasteiger partial charge in [0.15, 0.2) is 15.9 Å². The van der Waals surface area contributed by atoms with E-state index in [0.29, 0.717) is 0 Å². The van der Waals surface area contributed by atoms with Crippen LogP contribution in [0.2, 0.25) is 0 Å². The van der Waals surface area contributed by atoms with Crippen molar-refractivity contribution in [3.05, 3.63) is 77.6 Å². The van der Waals surface area contributed by atoms with E-state index in [4.69, 9.17) is 4.74 Å². The lowest BCUT2D eigenvalue weighted by molar-refractivity contribution is -0.189. The lowest BCUT2D eigenvalue weighted by Gasteiger charge is -2.22. The summed E-state index contributed by atoms with van der Waals surface area (Å²) in [7, 11) is -3.70. The van der Waals surface area contributed by atoms with Gasteiger partial charge in [0.25, 0.3) is 5.91 Å². The molecule has 6 nitrogen and oxygen atoms in total. The van der Waals surface area contributed by atoms with Gasteiger partial charge in [0.05, 0.1) is 10.5 Å². The molecule has 0 unspecified atom stereocenters. The van der Waals surface area contributed by atoms with Gasteiger partial charge in [-0.25, -0.2) is 8.42 Å². The first-order chi connectivity index (χ1) is 15.9. The Labute approximate surface area is 194 Å². The van der Waals surface area contributed by atoms with E-state index in [9.17, 15) is 26.4 Å². The number of amides is 1. The number of fused-ring (bicyclic) bond motifs is 1. The third kappa shape index (κ3) is 4.91. The summed E-state index contributed by atoms with van der Waals surface area (Å²) in [6.45, 7) is 1.29. The van der Waals surface area contributed by atoms with Gasteiger partial charge in [-0.1, -0.05) is 12.1 Å². The molecule has 34 heavy (non-hydrogen) atoms. The van der Waals surface area contributed by atoms with Gasteiger partial charge < -0.3 is 9.64 Å². The number of carbonyl (C=O) groups is 1. The van der Waals surface area contributed by atoms with E-state index in [1.165, 1.54) is 4.90 Å². The van der Waals surface area contributed by atoms with E-state index in [-0.39, 0.29) is 29.3 Å². The second-order valence-corrected chi connectivity index (χ2v) is 10.1. The van der Waals surface area contributed by atoms with Crippen molar-refractivity contribution in [1.29, 1.82) is 0 Å². The molecule has 2 heterocycles. The van der Waals surface area contributed by atoms with Crippen LogP contribution in [0.3, 0.4) is 0 Å². The highest BCUT2D eigenvalue weighted by Crippen LogP contribution is 2.33. The van der Waals surface area contributed by atoms with E-state index >= 15 is 0 Å². The Kier molecular flexibility index (Phi) is 6.11. The normalized spacial score (nSPS) is 14.6. The molecule has 1 atom stereocenters. The molecule has 0 radical (unpaired) electrons. The molecule has 3 aromatic rings. The number of nitrogens with zero attached hydrogens (tertiary/aromatic N) is 2. The number of rotatable bonds is 5. The standard InChI is InChI=1S/C24H21F3N2O4S/c1-15(24(25,26)27)33-22-6-5-20(34(2,31)32)12-21(22)23(30)29-13-18-4-3-17(11-19(18)14-29)16-7-9-28-10-8-16/h3-12,15H,13-14H2,1-2H3/t15-/m0/s1. The van der Waals surface area contributed by atoms with Crippen LogP contribution in [0.1, 0.15) is 28.4 Å². The largest absolute Gasteiger partial charge is 0.480 e. The third-order valence-corrected chi connectivity index (χ3v) is 6.71. The topological polar surface area (TPSA) is 76.6 Å². The van der Waals surface area contributed by atoms with E-state index in [1.807, 2.05) is 30.3 Å². The number of pyridine rings is 1. The summed E-state index contributed by atoms with van der Waals surface area (Å²) in [6, 6.07) is 12.8. The van der Waals surface area contributed by atoms with Gasteiger partial charge in [-0.15, -0.1) is 0 Å². The highest BCUT2D eigenvalue weighted by atomic mass is 32.2. The quantitative estimate of drug-likeness (QED) is 0.521. The number of sulfone groups is 1. The summed E-state index contributed by atoms with van der Waals surface area (Å²) < 4.78 is 68.3. The maximum atomic E-state index is 13.4. The van der Waals surface area contributed by atoms with Crippen molar-refractivity contribution in [3.63, 3.8) is 0 Å². The first-order valence-electron chi connectivity index (χ1n) is 10.3. The van der Waals surface area contributed by atoms with Crippen molar-refractivity contribution in [2.75, 3.05) is 6.26 Å². The van der Waals surface area contributed by atoms with Gasteiger partial charge in [0, 0.05) is 31.7 Å². The van der Waals surface area contributed by atoms with E-state index in [0.717, 1.165) is 53.6 Å². The number of alkyl halides is 3. The van der Waals surface area contributed by atoms with Gasteiger partial charge in [-0.05, 0) is 65.6 Å². The van der Waals surface area contributed by atoms with Crippen LogP contribution in [0.25, 0.3) is 11.1 Å². The van der Waals surface area contributed by atoms with Crippen LogP contribution in [0, 0.1) is 0 Å². The fourth-order valence-electron chi connectivity index (χ4n) is 3.70. The molecule has 0 saturated heterocycles. The van der Waals surface area contributed by atoms with Crippen molar-refractivity contribution in [2.24, 2.45) is 0 Å². The lowest BCUT2D eigenvalue weighted by Crippen LogP contribution is -2.32. The molecular weight excluding hydrogens is 469 g/mol. The number of aromatic nitrogens is 1. The second-order valence-electron chi connectivity index (χ2n) is 8.11. The number of ether oxygens (including phenoxy) is 1. The Morgan fingerprint density at radius 2 is 1.68 bits per heavy atom. The van der Waals surface area contributed by atoms with Gasteiger partial charge in [0.2, 0.25) is 0 Å². The third-order valence-electron chi connectivity index (χ3n) is 5.60. The van der Waals surface area contributed by atoms with Crippen molar-refractivity contribution in [3.8, 4) is 16.9 Å². The van der Waals surface area contributed by atoms with Crippen molar-refractivity contribution in [1.82, 2.24) is 9.88 Å². The number of halogens is 3. The predicted octanol–water partition coefficient (Wildman–Crippen LogP) is 4.64. The molecule has 1 aliphatic rings. The van der Waals surface area contributed by atoms with E-state index in [2.05, 4.69) is 4.98 Å². The van der Waals surface area contributed by atoms with Crippen LogP contribution < -0.4 is 4.74 Å². The molecule has 178 valence electrons. The Bertz CT molecular complexity index is 1340. The number of carbonyl (C=O) groups excluding carboxylic acids is 1. The lowest BCUT2D eigenvalue weighted by atomic mass is 10.0. The second kappa shape index (κ2) is 8.75. The molecule has 1 aliphatic heterocycles. The molecule has 0 N–H and O–H groups in total. The van der Waals surface area contributed by atoms with Crippen LogP contribution >= 0.6 is 0 Å². The van der Waals surface area contributed by atoms with Gasteiger partial charge >= 0.3 is 6.18 Å². The summed E-state index contributed by atoms with van der Waals surface area (Å²) >= 11 is 0. The Balaban J connectivity index is 1.65. The molecule has 0 fully saturated rings. The summed E-state index contributed by atoms with van der Waals surface area (Å²) in [5.74, 6) is -0.938. The molecule has 0 aliphatic carbocycles. The van der Waals surface area contributed by atoms with Gasteiger partial charge in [-0.2, -0.15) is 13.2 Å². The average molecular weight is 491 g/mol. The van der Waals surface area contributed by atoms with Gasteiger partial charge in [-0.3, -0.25) is 9.78 Å². The Hall–Kier alpha value is -3.40. The number of hydrogen-bond acceptors (Lipinski definition) is 5. The predicted molar refractivity (Wildman–Crippen MR) is 119 cm³/mol.